The van der Waals surface area contributed by atoms with Gasteiger partial charge in [-0.25, -0.2) is 0 Å². The fraction of sp³-hybridized carbons (Fsp3) is 0.808. The Morgan fingerprint density at radius 2 is 2.06 bits per heavy atom. The second-order valence-electron chi connectivity index (χ2n) is 11.2. The highest BCUT2D eigenvalue weighted by molar-refractivity contribution is 5.67. The van der Waals surface area contributed by atoms with Crippen molar-refractivity contribution in [2.45, 2.75) is 103 Å². The van der Waals surface area contributed by atoms with E-state index < -0.39 is 5.60 Å². The molecule has 33 heavy (non-hydrogen) atoms. The number of esters is 1. The van der Waals surface area contributed by atoms with Crippen LogP contribution in [0.2, 0.25) is 0 Å². The van der Waals surface area contributed by atoms with Crippen molar-refractivity contribution in [2.24, 2.45) is 34.3 Å². The molecule has 0 aliphatic heterocycles. The number of hydrogen-bond acceptors (Lipinski definition) is 6. The lowest BCUT2D eigenvalue weighted by molar-refractivity contribution is -0.185. The Balaban J connectivity index is 1.46. The van der Waals surface area contributed by atoms with Crippen LogP contribution in [0, 0.1) is 34.0 Å². The Bertz CT molecular complexity index is 942. The highest BCUT2D eigenvalue weighted by atomic mass is 16.6. The van der Waals surface area contributed by atoms with E-state index in [2.05, 4.69) is 35.4 Å². The number of carbonyl (C=O) groups excluding carboxylic acids is 1. The molecule has 1 heterocycles. The van der Waals surface area contributed by atoms with E-state index >= 15 is 0 Å². The average Bonchev–Trinajstić information content (AvgIpc) is 3.40. The van der Waals surface area contributed by atoms with Crippen molar-refractivity contribution < 1.29 is 9.53 Å². The van der Waals surface area contributed by atoms with E-state index in [1.807, 2.05) is 10.9 Å². The van der Waals surface area contributed by atoms with Gasteiger partial charge in [-0.05, 0) is 81.5 Å². The molecule has 4 aliphatic rings. The van der Waals surface area contributed by atoms with Crippen molar-refractivity contribution in [1.29, 1.82) is 0 Å². The second-order valence-corrected chi connectivity index (χ2v) is 11.2. The summed E-state index contributed by atoms with van der Waals surface area (Å²) in [5.74, 6) is 2.20. The molecule has 180 valence electrons. The lowest BCUT2D eigenvalue weighted by Gasteiger charge is -2.56. The molecule has 7 nitrogen and oxygen atoms in total. The zero-order valence-corrected chi connectivity index (χ0v) is 20.3. The third-order valence-corrected chi connectivity index (χ3v) is 9.70. The molecule has 0 spiro atoms. The Kier molecular flexibility index (Phi) is 5.94. The molecule has 3 fully saturated rings. The first-order chi connectivity index (χ1) is 15.9. The molecule has 3 saturated carbocycles. The summed E-state index contributed by atoms with van der Waals surface area (Å²) in [7, 11) is 0. The van der Waals surface area contributed by atoms with E-state index in [9.17, 15) is 9.70 Å². The molecule has 0 N–H and O–H groups in total. The predicted molar refractivity (Wildman–Crippen MR) is 125 cm³/mol. The zero-order chi connectivity index (χ0) is 23.2. The van der Waals surface area contributed by atoms with Gasteiger partial charge in [-0.15, -0.1) is 5.10 Å². The number of nitrogens with zero attached hydrogens (tertiary/aromatic N) is 4. The van der Waals surface area contributed by atoms with Gasteiger partial charge in [-0.2, -0.15) is 4.91 Å². The maximum absolute atomic E-state index is 12.4. The number of aromatic nitrogens is 3. The summed E-state index contributed by atoms with van der Waals surface area (Å²) in [4.78, 5) is 23.5. The lowest BCUT2D eigenvalue weighted by atomic mass is 9.50. The monoisotopic (exact) mass is 454 g/mol. The highest BCUT2D eigenvalue weighted by Crippen LogP contribution is 2.68. The highest BCUT2D eigenvalue weighted by Gasteiger charge is 2.66. The van der Waals surface area contributed by atoms with Crippen LogP contribution in [0.5, 0.6) is 0 Å². The fourth-order valence-corrected chi connectivity index (χ4v) is 8.19. The van der Waals surface area contributed by atoms with Crippen molar-refractivity contribution in [3.8, 4) is 0 Å². The summed E-state index contributed by atoms with van der Waals surface area (Å²) in [5.41, 5.74) is 1.51. The molecule has 7 atom stereocenters. The standard InChI is InChI=1S/C26H38N4O3/c1-4-5-14-30-16-24(27-29-30)26(33-17(2)31)13-11-23-22-8-6-18-15-19(28-32)7-9-20(18)21(22)10-12-25(23,26)3/h15-16,19-23H,4-14H2,1-3H3. The van der Waals surface area contributed by atoms with Crippen molar-refractivity contribution >= 4 is 5.97 Å². The molecule has 0 saturated heterocycles. The van der Waals surface area contributed by atoms with Crippen LogP contribution >= 0.6 is 0 Å². The number of unbranched alkanes of at least 4 members (excludes halogenated alkanes) is 1. The first-order valence-electron chi connectivity index (χ1n) is 13.0. The van der Waals surface area contributed by atoms with Gasteiger partial charge >= 0.3 is 5.97 Å². The molecule has 0 bridgehead atoms. The van der Waals surface area contributed by atoms with Crippen LogP contribution in [0.1, 0.15) is 90.7 Å². The summed E-state index contributed by atoms with van der Waals surface area (Å²) in [5, 5.41) is 12.3. The molecule has 4 aliphatic carbocycles. The van der Waals surface area contributed by atoms with E-state index in [-0.39, 0.29) is 17.4 Å². The maximum atomic E-state index is 12.4. The first kappa shape index (κ1) is 22.7. The quantitative estimate of drug-likeness (QED) is 0.320. The van der Waals surface area contributed by atoms with Crippen molar-refractivity contribution in [1.82, 2.24) is 15.0 Å². The van der Waals surface area contributed by atoms with Crippen LogP contribution in [0.4, 0.5) is 0 Å². The number of aryl methyl sites for hydroxylation is 1. The second kappa shape index (κ2) is 8.62. The Morgan fingerprint density at radius 1 is 1.21 bits per heavy atom. The van der Waals surface area contributed by atoms with E-state index in [0.29, 0.717) is 23.7 Å². The summed E-state index contributed by atoms with van der Waals surface area (Å²) in [6.07, 6.45) is 14.7. The normalized spacial score (nSPS) is 39.7. The van der Waals surface area contributed by atoms with Crippen molar-refractivity contribution in [3.63, 3.8) is 0 Å². The zero-order valence-electron chi connectivity index (χ0n) is 20.3. The lowest BCUT2D eigenvalue weighted by Crippen LogP contribution is -2.53. The molecule has 7 unspecified atom stereocenters. The average molecular weight is 455 g/mol. The number of allylic oxidation sites excluding steroid dienone is 1. The smallest absolute Gasteiger partial charge is 0.303 e. The number of rotatable bonds is 6. The number of ether oxygens (including phenoxy) is 1. The molecular formula is C26H38N4O3. The minimum atomic E-state index is -0.686. The molecule has 1 aromatic rings. The molecular weight excluding hydrogens is 416 g/mol. The van der Waals surface area contributed by atoms with Gasteiger partial charge in [0.05, 0.1) is 6.20 Å². The minimum Gasteiger partial charge on any atom is -0.452 e. The van der Waals surface area contributed by atoms with E-state index in [1.54, 1.807) is 0 Å². The van der Waals surface area contributed by atoms with Gasteiger partial charge < -0.3 is 4.74 Å². The third kappa shape index (κ3) is 3.57. The summed E-state index contributed by atoms with van der Waals surface area (Å²) >= 11 is 0. The summed E-state index contributed by atoms with van der Waals surface area (Å²) < 4.78 is 8.20. The van der Waals surface area contributed by atoms with Gasteiger partial charge in [-0.1, -0.05) is 42.3 Å². The van der Waals surface area contributed by atoms with Crippen LogP contribution in [-0.4, -0.2) is 27.0 Å². The van der Waals surface area contributed by atoms with Crippen molar-refractivity contribution in [3.05, 3.63) is 28.4 Å². The number of nitroso groups, excluding NO2 is 1. The van der Waals surface area contributed by atoms with E-state index in [0.717, 1.165) is 76.4 Å². The van der Waals surface area contributed by atoms with Gasteiger partial charge in [0, 0.05) is 18.9 Å². The molecule has 0 aromatic carbocycles. The Morgan fingerprint density at radius 3 is 2.82 bits per heavy atom. The molecule has 0 radical (unpaired) electrons. The molecule has 7 heteroatoms. The molecule has 0 amide bonds. The predicted octanol–water partition coefficient (Wildman–Crippen LogP) is 5.54. The third-order valence-electron chi connectivity index (χ3n) is 9.70. The summed E-state index contributed by atoms with van der Waals surface area (Å²) in [6.45, 7) is 6.90. The summed E-state index contributed by atoms with van der Waals surface area (Å²) in [6, 6.07) is -0.125. The van der Waals surface area contributed by atoms with Crippen LogP contribution in [-0.2, 0) is 21.7 Å². The first-order valence-corrected chi connectivity index (χ1v) is 13.0. The van der Waals surface area contributed by atoms with Gasteiger partial charge in [0.25, 0.3) is 0 Å². The number of fused-ring (bicyclic) bond motifs is 5. The number of hydrogen-bond donors (Lipinski definition) is 0. The Hall–Kier alpha value is -2.05. The van der Waals surface area contributed by atoms with Crippen LogP contribution in [0.15, 0.2) is 23.0 Å². The van der Waals surface area contributed by atoms with E-state index in [1.165, 1.54) is 12.5 Å². The van der Waals surface area contributed by atoms with Gasteiger partial charge in [0.1, 0.15) is 11.7 Å². The van der Waals surface area contributed by atoms with Crippen LogP contribution < -0.4 is 0 Å². The van der Waals surface area contributed by atoms with Crippen LogP contribution in [0.3, 0.4) is 0 Å². The maximum Gasteiger partial charge on any atom is 0.303 e. The van der Waals surface area contributed by atoms with Gasteiger partial charge in [0.2, 0.25) is 0 Å². The fourth-order valence-electron chi connectivity index (χ4n) is 8.19. The van der Waals surface area contributed by atoms with Crippen molar-refractivity contribution in [2.75, 3.05) is 0 Å². The topological polar surface area (TPSA) is 86.4 Å². The Labute approximate surface area is 196 Å². The molecule has 5 rings (SSSR count). The largest absolute Gasteiger partial charge is 0.452 e. The van der Waals surface area contributed by atoms with Gasteiger partial charge in [-0.3, -0.25) is 9.48 Å². The van der Waals surface area contributed by atoms with Crippen LogP contribution in [0.25, 0.3) is 0 Å². The number of carbonyl (C=O) groups is 1. The van der Waals surface area contributed by atoms with Gasteiger partial charge in [0.15, 0.2) is 5.60 Å². The van der Waals surface area contributed by atoms with E-state index in [4.69, 9.17) is 4.74 Å². The SMILES string of the molecule is CCCCn1cc(C2(OC(C)=O)CCC3C4CCC5=CC(N=O)CCC5C4CCC32C)nn1. The molecule has 1 aromatic heterocycles. The minimum absolute atomic E-state index is 0.125.